The van der Waals surface area contributed by atoms with Crippen LogP contribution in [0.4, 0.5) is 4.79 Å². The van der Waals surface area contributed by atoms with Crippen LogP contribution >= 0.6 is 0 Å². The van der Waals surface area contributed by atoms with Gasteiger partial charge in [-0.25, -0.2) is 9.59 Å². The van der Waals surface area contributed by atoms with Gasteiger partial charge in [0.25, 0.3) is 0 Å². The maximum absolute atomic E-state index is 11.8. The number of carbonyl (C=O) groups is 2. The van der Waals surface area contributed by atoms with E-state index in [1.165, 1.54) is 0 Å². The lowest BCUT2D eigenvalue weighted by Crippen LogP contribution is -2.41. The molecule has 1 saturated carbocycles. The molecule has 2 atom stereocenters. The van der Waals surface area contributed by atoms with Gasteiger partial charge in [-0.3, -0.25) is 0 Å². The minimum Gasteiger partial charge on any atom is -0.479 e. The van der Waals surface area contributed by atoms with E-state index >= 15 is 0 Å². The predicted molar refractivity (Wildman–Crippen MR) is 70.1 cm³/mol. The molecule has 0 unspecified atom stereocenters. The maximum atomic E-state index is 11.8. The summed E-state index contributed by atoms with van der Waals surface area (Å²) in [5.74, 6) is -1.41. The van der Waals surface area contributed by atoms with Crippen molar-refractivity contribution in [1.82, 2.24) is 5.32 Å². The van der Waals surface area contributed by atoms with Gasteiger partial charge in [0.2, 0.25) is 0 Å². The van der Waals surface area contributed by atoms with Gasteiger partial charge in [-0.1, -0.05) is 30.3 Å². The zero-order valence-electron chi connectivity index (χ0n) is 11.1. The standard InChI is InChI=1S/C14H17NO5/c1-14(7-8-14)20-13(19)15-10(11(16)12(17)18)9-5-3-2-4-6-9/h2-6,10-11,16H,7-8H2,1H3,(H,15,19)(H,17,18)/t10-,11+/m0/s1. The summed E-state index contributed by atoms with van der Waals surface area (Å²) in [6.07, 6.45) is -0.883. The van der Waals surface area contributed by atoms with Crippen molar-refractivity contribution in [1.29, 1.82) is 0 Å². The molecule has 1 amide bonds. The molecule has 0 aliphatic heterocycles. The van der Waals surface area contributed by atoms with E-state index in [1.54, 1.807) is 37.3 Å². The molecule has 1 aromatic rings. The molecule has 108 valence electrons. The Kier molecular flexibility index (Phi) is 3.94. The number of amides is 1. The van der Waals surface area contributed by atoms with E-state index in [2.05, 4.69) is 5.32 Å². The minimum absolute atomic E-state index is 0.459. The Morgan fingerprint density at radius 1 is 1.30 bits per heavy atom. The van der Waals surface area contributed by atoms with E-state index in [4.69, 9.17) is 9.84 Å². The fraction of sp³-hybridized carbons (Fsp3) is 0.429. The summed E-state index contributed by atoms with van der Waals surface area (Å²) in [5, 5.41) is 21.1. The van der Waals surface area contributed by atoms with Crippen LogP contribution in [-0.2, 0) is 9.53 Å². The molecule has 20 heavy (non-hydrogen) atoms. The smallest absolute Gasteiger partial charge is 0.408 e. The second-order valence-electron chi connectivity index (χ2n) is 5.16. The molecule has 1 aliphatic rings. The summed E-state index contributed by atoms with van der Waals surface area (Å²) in [5.41, 5.74) is 0.0414. The van der Waals surface area contributed by atoms with E-state index in [9.17, 15) is 14.7 Å². The number of hydrogen-bond donors (Lipinski definition) is 3. The Bertz CT molecular complexity index is 498. The van der Waals surface area contributed by atoms with Crippen LogP contribution in [0, 0.1) is 0 Å². The van der Waals surface area contributed by atoms with E-state index < -0.39 is 29.8 Å². The van der Waals surface area contributed by atoms with Crippen molar-refractivity contribution in [3.63, 3.8) is 0 Å². The Morgan fingerprint density at radius 3 is 2.40 bits per heavy atom. The van der Waals surface area contributed by atoms with Crippen LogP contribution in [0.2, 0.25) is 0 Å². The normalized spacial score (nSPS) is 18.7. The van der Waals surface area contributed by atoms with E-state index in [0.717, 1.165) is 12.8 Å². The van der Waals surface area contributed by atoms with E-state index in [0.29, 0.717) is 5.56 Å². The molecule has 1 fully saturated rings. The Balaban J connectivity index is 2.10. The maximum Gasteiger partial charge on any atom is 0.408 e. The molecule has 0 radical (unpaired) electrons. The fourth-order valence-electron chi connectivity index (χ4n) is 1.81. The third-order valence-electron chi connectivity index (χ3n) is 3.29. The number of carboxylic acids is 1. The SMILES string of the molecule is CC1(OC(=O)N[C@@H](c2ccccc2)[C@@H](O)C(=O)O)CC1. The van der Waals surface area contributed by atoms with Crippen molar-refractivity contribution in [2.45, 2.75) is 37.5 Å². The Labute approximate surface area is 116 Å². The summed E-state index contributed by atoms with van der Waals surface area (Å²) in [6.45, 7) is 1.80. The first-order valence-electron chi connectivity index (χ1n) is 6.37. The molecule has 2 rings (SSSR count). The number of rotatable bonds is 5. The molecule has 1 aliphatic carbocycles. The van der Waals surface area contributed by atoms with Crippen molar-refractivity contribution >= 4 is 12.1 Å². The van der Waals surface area contributed by atoms with Gasteiger partial charge >= 0.3 is 12.1 Å². The number of aliphatic hydroxyl groups excluding tert-OH is 1. The first kappa shape index (κ1) is 14.3. The number of nitrogens with one attached hydrogen (secondary N) is 1. The average molecular weight is 279 g/mol. The van der Waals surface area contributed by atoms with Crippen molar-refractivity contribution in [3.8, 4) is 0 Å². The molecule has 3 N–H and O–H groups in total. The lowest BCUT2D eigenvalue weighted by atomic mass is 10.0. The summed E-state index contributed by atoms with van der Waals surface area (Å²) in [4.78, 5) is 22.7. The van der Waals surface area contributed by atoms with Gasteiger partial charge in [-0.2, -0.15) is 0 Å². The van der Waals surface area contributed by atoms with Crippen LogP contribution in [0.1, 0.15) is 31.4 Å². The number of aliphatic carboxylic acids is 1. The number of aliphatic hydroxyl groups is 1. The zero-order valence-corrected chi connectivity index (χ0v) is 11.1. The second kappa shape index (κ2) is 5.50. The molecule has 0 heterocycles. The number of ether oxygens (including phenoxy) is 1. The number of alkyl carbamates (subject to hydrolysis) is 1. The van der Waals surface area contributed by atoms with Crippen LogP contribution in [0.3, 0.4) is 0 Å². The minimum atomic E-state index is -1.74. The van der Waals surface area contributed by atoms with Crippen LogP contribution in [0.25, 0.3) is 0 Å². The number of hydrogen-bond acceptors (Lipinski definition) is 4. The van der Waals surface area contributed by atoms with Crippen molar-refractivity contribution in [2.75, 3.05) is 0 Å². The summed E-state index contributed by atoms with van der Waals surface area (Å²) in [7, 11) is 0. The summed E-state index contributed by atoms with van der Waals surface area (Å²) >= 11 is 0. The van der Waals surface area contributed by atoms with Gasteiger partial charge in [-0.15, -0.1) is 0 Å². The lowest BCUT2D eigenvalue weighted by molar-refractivity contribution is -0.148. The molecular formula is C14H17NO5. The molecule has 0 spiro atoms. The fourth-order valence-corrected chi connectivity index (χ4v) is 1.81. The molecule has 0 aromatic heterocycles. The molecule has 0 saturated heterocycles. The largest absolute Gasteiger partial charge is 0.479 e. The Morgan fingerprint density at radius 2 is 1.90 bits per heavy atom. The monoisotopic (exact) mass is 279 g/mol. The van der Waals surface area contributed by atoms with Crippen LogP contribution in [0.15, 0.2) is 30.3 Å². The summed E-state index contributed by atoms with van der Waals surface area (Å²) < 4.78 is 5.18. The van der Waals surface area contributed by atoms with E-state index in [1.807, 2.05) is 0 Å². The molecule has 6 nitrogen and oxygen atoms in total. The highest BCUT2D eigenvalue weighted by atomic mass is 16.6. The van der Waals surface area contributed by atoms with Gasteiger partial charge < -0.3 is 20.3 Å². The van der Waals surface area contributed by atoms with Gasteiger partial charge in [0, 0.05) is 0 Å². The van der Waals surface area contributed by atoms with Crippen molar-refractivity contribution < 1.29 is 24.5 Å². The third-order valence-corrected chi connectivity index (χ3v) is 3.29. The highest BCUT2D eigenvalue weighted by Gasteiger charge is 2.42. The van der Waals surface area contributed by atoms with Crippen LogP contribution in [0.5, 0.6) is 0 Å². The van der Waals surface area contributed by atoms with E-state index in [-0.39, 0.29) is 0 Å². The lowest BCUT2D eigenvalue weighted by Gasteiger charge is -2.22. The van der Waals surface area contributed by atoms with Gasteiger partial charge in [0.05, 0.1) is 6.04 Å². The Hall–Kier alpha value is -2.08. The highest BCUT2D eigenvalue weighted by molar-refractivity contribution is 5.76. The predicted octanol–water partition coefficient (Wildman–Crippen LogP) is 1.45. The molecule has 6 heteroatoms. The topological polar surface area (TPSA) is 95.9 Å². The second-order valence-corrected chi connectivity index (χ2v) is 5.16. The van der Waals surface area contributed by atoms with Gasteiger partial charge in [0.15, 0.2) is 6.10 Å². The number of carboxylic acid groups (broad SMARTS) is 1. The quantitative estimate of drug-likeness (QED) is 0.758. The van der Waals surface area contributed by atoms with Crippen molar-refractivity contribution in [2.24, 2.45) is 0 Å². The average Bonchev–Trinajstić information content (AvgIpc) is 3.13. The third kappa shape index (κ3) is 3.48. The molecule has 1 aromatic carbocycles. The summed E-state index contributed by atoms with van der Waals surface area (Å²) in [6, 6.07) is 7.38. The zero-order chi connectivity index (χ0) is 14.8. The molecule has 0 bridgehead atoms. The highest BCUT2D eigenvalue weighted by Crippen LogP contribution is 2.38. The van der Waals surface area contributed by atoms with Gasteiger partial charge in [0.1, 0.15) is 5.60 Å². The van der Waals surface area contributed by atoms with Gasteiger partial charge in [-0.05, 0) is 25.3 Å². The first-order chi connectivity index (χ1) is 9.41. The number of carbonyl (C=O) groups excluding carboxylic acids is 1. The van der Waals surface area contributed by atoms with Crippen LogP contribution < -0.4 is 5.32 Å². The van der Waals surface area contributed by atoms with Crippen molar-refractivity contribution in [3.05, 3.63) is 35.9 Å². The molecular weight excluding hydrogens is 262 g/mol. The first-order valence-corrected chi connectivity index (χ1v) is 6.37. The van der Waals surface area contributed by atoms with Crippen LogP contribution in [-0.4, -0.2) is 34.0 Å². The number of benzene rings is 1.